The summed E-state index contributed by atoms with van der Waals surface area (Å²) in [5.74, 6) is 0.513. The van der Waals surface area contributed by atoms with E-state index in [0.717, 1.165) is 17.8 Å². The summed E-state index contributed by atoms with van der Waals surface area (Å²) in [6, 6.07) is 2.32. The number of rotatable bonds is 2. The third-order valence-electron chi connectivity index (χ3n) is 2.73. The van der Waals surface area contributed by atoms with E-state index in [9.17, 15) is 13.2 Å². The van der Waals surface area contributed by atoms with Gasteiger partial charge in [0.15, 0.2) is 5.17 Å². The van der Waals surface area contributed by atoms with Gasteiger partial charge in [-0.3, -0.25) is 4.99 Å². The van der Waals surface area contributed by atoms with Crippen LogP contribution in [0.4, 0.5) is 18.9 Å². The Hall–Kier alpha value is -1.24. The van der Waals surface area contributed by atoms with Crippen molar-refractivity contribution in [1.29, 1.82) is 0 Å². The number of nitrogens with zero attached hydrogens (tertiary/aromatic N) is 2. The Morgan fingerprint density at radius 1 is 1.37 bits per heavy atom. The highest BCUT2D eigenvalue weighted by Gasteiger charge is 2.32. The second kappa shape index (κ2) is 5.40. The molecule has 1 unspecified atom stereocenters. The summed E-state index contributed by atoms with van der Waals surface area (Å²) >= 11 is 1.61. The number of amidine groups is 1. The minimum atomic E-state index is -4.40. The second-order valence-corrected chi connectivity index (χ2v) is 5.83. The number of aliphatic imine (C=N–C) groups is 1. The van der Waals surface area contributed by atoms with Crippen molar-refractivity contribution >= 4 is 22.6 Å². The van der Waals surface area contributed by atoms with Gasteiger partial charge in [0, 0.05) is 5.25 Å². The fourth-order valence-corrected chi connectivity index (χ4v) is 2.60. The van der Waals surface area contributed by atoms with Crippen LogP contribution in [0, 0.1) is 5.92 Å². The predicted octanol–water partition coefficient (Wildman–Crippen LogP) is 3.64. The fourth-order valence-electron chi connectivity index (χ4n) is 1.57. The second-order valence-electron chi connectivity index (χ2n) is 4.60. The van der Waals surface area contributed by atoms with Crippen LogP contribution in [-0.2, 0) is 6.18 Å². The topological polar surface area (TPSA) is 37.3 Å². The van der Waals surface area contributed by atoms with Crippen molar-refractivity contribution in [2.45, 2.75) is 25.3 Å². The number of nitrogens with one attached hydrogen (secondary N) is 1. The highest BCUT2D eigenvalue weighted by molar-refractivity contribution is 8.15. The monoisotopic (exact) mass is 289 g/mol. The van der Waals surface area contributed by atoms with Crippen LogP contribution in [-0.4, -0.2) is 21.9 Å². The maximum Gasteiger partial charge on any atom is 0.433 e. The number of aromatic nitrogens is 1. The molecular weight excluding hydrogens is 275 g/mol. The highest BCUT2D eigenvalue weighted by Crippen LogP contribution is 2.29. The van der Waals surface area contributed by atoms with Crippen LogP contribution >= 0.6 is 11.8 Å². The summed E-state index contributed by atoms with van der Waals surface area (Å²) in [6.07, 6.45) is -3.23. The Morgan fingerprint density at radius 2 is 2.11 bits per heavy atom. The normalized spacial score (nSPS) is 19.7. The van der Waals surface area contributed by atoms with Gasteiger partial charge in [0.25, 0.3) is 0 Å². The average molecular weight is 289 g/mol. The summed E-state index contributed by atoms with van der Waals surface area (Å²) in [7, 11) is 0. The molecule has 1 aliphatic heterocycles. The molecule has 0 radical (unpaired) electrons. The molecule has 0 spiro atoms. The van der Waals surface area contributed by atoms with Gasteiger partial charge < -0.3 is 5.32 Å². The van der Waals surface area contributed by atoms with E-state index in [1.54, 1.807) is 11.8 Å². The molecule has 2 heterocycles. The first-order chi connectivity index (χ1) is 8.86. The SMILES string of the molecule is CC(C)C1CN=C(Nc2ccc(C(F)(F)F)nc2)S1. The van der Waals surface area contributed by atoms with E-state index in [-0.39, 0.29) is 0 Å². The lowest BCUT2D eigenvalue weighted by Crippen LogP contribution is -2.13. The van der Waals surface area contributed by atoms with Crippen molar-refractivity contribution in [3.8, 4) is 0 Å². The maximum atomic E-state index is 12.4. The molecule has 104 valence electrons. The van der Waals surface area contributed by atoms with E-state index in [1.807, 2.05) is 0 Å². The lowest BCUT2D eigenvalue weighted by molar-refractivity contribution is -0.141. The van der Waals surface area contributed by atoms with Gasteiger partial charge in [-0.15, -0.1) is 0 Å². The van der Waals surface area contributed by atoms with Crippen molar-refractivity contribution in [2.24, 2.45) is 10.9 Å². The Labute approximate surface area is 113 Å². The van der Waals surface area contributed by atoms with Crippen LogP contribution < -0.4 is 5.32 Å². The molecule has 0 bridgehead atoms. The zero-order valence-electron chi connectivity index (χ0n) is 10.5. The van der Waals surface area contributed by atoms with Gasteiger partial charge >= 0.3 is 6.18 Å². The van der Waals surface area contributed by atoms with E-state index in [1.165, 1.54) is 12.3 Å². The van der Waals surface area contributed by atoms with Crippen molar-refractivity contribution in [3.05, 3.63) is 24.0 Å². The van der Waals surface area contributed by atoms with Gasteiger partial charge in [0.05, 0.1) is 18.4 Å². The standard InChI is InChI=1S/C12H14F3N3S/c1-7(2)9-6-17-11(19-9)18-8-3-4-10(16-5-8)12(13,14)15/h3-5,7,9H,6H2,1-2H3,(H,17,18). The van der Waals surface area contributed by atoms with E-state index in [0.29, 0.717) is 16.9 Å². The fraction of sp³-hybridized carbons (Fsp3) is 0.500. The Morgan fingerprint density at radius 3 is 2.58 bits per heavy atom. The van der Waals surface area contributed by atoms with E-state index in [4.69, 9.17) is 0 Å². The molecule has 1 aromatic heterocycles. The van der Waals surface area contributed by atoms with Crippen molar-refractivity contribution in [1.82, 2.24) is 4.98 Å². The summed E-state index contributed by atoms with van der Waals surface area (Å²) in [6.45, 7) is 4.98. The number of thioether (sulfide) groups is 1. The molecule has 0 amide bonds. The van der Waals surface area contributed by atoms with Crippen molar-refractivity contribution in [2.75, 3.05) is 11.9 Å². The number of hydrogen-bond donors (Lipinski definition) is 1. The number of halogens is 3. The zero-order valence-corrected chi connectivity index (χ0v) is 11.3. The first-order valence-electron chi connectivity index (χ1n) is 5.87. The van der Waals surface area contributed by atoms with E-state index >= 15 is 0 Å². The van der Waals surface area contributed by atoms with Gasteiger partial charge in [0.2, 0.25) is 0 Å². The molecule has 0 aliphatic carbocycles. The minimum Gasteiger partial charge on any atom is -0.334 e. The molecule has 1 N–H and O–H groups in total. The Kier molecular flexibility index (Phi) is 4.03. The molecule has 1 aliphatic rings. The lowest BCUT2D eigenvalue weighted by atomic mass is 10.1. The average Bonchev–Trinajstić information content (AvgIpc) is 2.77. The third kappa shape index (κ3) is 3.62. The smallest absolute Gasteiger partial charge is 0.334 e. The third-order valence-corrected chi connectivity index (χ3v) is 4.18. The molecule has 0 aromatic carbocycles. The lowest BCUT2D eigenvalue weighted by Gasteiger charge is -2.12. The van der Waals surface area contributed by atoms with Gasteiger partial charge in [-0.25, -0.2) is 4.98 Å². The number of alkyl halides is 3. The molecule has 7 heteroatoms. The number of hydrogen-bond acceptors (Lipinski definition) is 4. The van der Waals surface area contributed by atoms with Crippen LogP contribution in [0.5, 0.6) is 0 Å². The first-order valence-corrected chi connectivity index (χ1v) is 6.75. The summed E-state index contributed by atoms with van der Waals surface area (Å²) in [5.41, 5.74) is -0.372. The summed E-state index contributed by atoms with van der Waals surface area (Å²) < 4.78 is 37.1. The van der Waals surface area contributed by atoms with Gasteiger partial charge in [-0.1, -0.05) is 25.6 Å². The maximum absolute atomic E-state index is 12.4. The van der Waals surface area contributed by atoms with Crippen LogP contribution in [0.25, 0.3) is 0 Å². The Bertz CT molecular complexity index is 468. The van der Waals surface area contributed by atoms with Crippen LogP contribution in [0.3, 0.4) is 0 Å². The quantitative estimate of drug-likeness (QED) is 0.903. The summed E-state index contributed by atoms with van der Waals surface area (Å²) in [5, 5.41) is 4.15. The first kappa shape index (κ1) is 14.2. The predicted molar refractivity (Wildman–Crippen MR) is 71.4 cm³/mol. The van der Waals surface area contributed by atoms with E-state index in [2.05, 4.69) is 29.1 Å². The molecule has 0 fully saturated rings. The summed E-state index contributed by atoms with van der Waals surface area (Å²) in [4.78, 5) is 7.72. The molecule has 1 aromatic rings. The van der Waals surface area contributed by atoms with Crippen LogP contribution in [0.1, 0.15) is 19.5 Å². The molecule has 19 heavy (non-hydrogen) atoms. The number of pyridine rings is 1. The molecule has 0 saturated heterocycles. The largest absolute Gasteiger partial charge is 0.433 e. The van der Waals surface area contributed by atoms with Gasteiger partial charge in [-0.2, -0.15) is 13.2 Å². The molecule has 2 rings (SSSR count). The Balaban J connectivity index is 1.98. The van der Waals surface area contributed by atoms with Crippen molar-refractivity contribution < 1.29 is 13.2 Å². The molecule has 0 saturated carbocycles. The highest BCUT2D eigenvalue weighted by atomic mass is 32.2. The van der Waals surface area contributed by atoms with Gasteiger partial charge in [0.1, 0.15) is 5.69 Å². The molecule has 3 nitrogen and oxygen atoms in total. The zero-order chi connectivity index (χ0) is 14.0. The number of anilines is 1. The van der Waals surface area contributed by atoms with Gasteiger partial charge in [-0.05, 0) is 18.1 Å². The van der Waals surface area contributed by atoms with Crippen molar-refractivity contribution in [3.63, 3.8) is 0 Å². The molecule has 1 atom stereocenters. The molecular formula is C12H14F3N3S. The van der Waals surface area contributed by atoms with Crippen LogP contribution in [0.15, 0.2) is 23.3 Å². The van der Waals surface area contributed by atoms with E-state index < -0.39 is 11.9 Å². The van der Waals surface area contributed by atoms with Crippen LogP contribution in [0.2, 0.25) is 0 Å². The minimum absolute atomic E-state index is 0.421.